The van der Waals surface area contributed by atoms with Crippen LogP contribution in [-0.2, 0) is 14.3 Å². The van der Waals surface area contributed by atoms with Crippen molar-refractivity contribution in [3.63, 3.8) is 0 Å². The van der Waals surface area contributed by atoms with Crippen molar-refractivity contribution in [2.45, 2.75) is 20.0 Å². The van der Waals surface area contributed by atoms with Gasteiger partial charge in [-0.3, -0.25) is 4.79 Å². The lowest BCUT2D eigenvalue weighted by atomic mass is 10.2. The zero-order chi connectivity index (χ0) is 13.5. The minimum Gasteiger partial charge on any atom is -0.457 e. The molecule has 0 bridgehead atoms. The number of ether oxygens (including phenoxy) is 3. The van der Waals surface area contributed by atoms with Gasteiger partial charge in [0.2, 0.25) is 0 Å². The first kappa shape index (κ1) is 14.2. The van der Waals surface area contributed by atoms with Crippen molar-refractivity contribution in [2.75, 3.05) is 13.7 Å². The highest BCUT2D eigenvalue weighted by Crippen LogP contribution is 2.13. The number of benzene rings is 1. The van der Waals surface area contributed by atoms with Gasteiger partial charge in [-0.2, -0.15) is 0 Å². The maximum Gasteiger partial charge on any atom is 0.338 e. The molecule has 0 saturated heterocycles. The van der Waals surface area contributed by atoms with Crippen molar-refractivity contribution in [2.24, 2.45) is 0 Å². The van der Waals surface area contributed by atoms with Gasteiger partial charge in [0.15, 0.2) is 0 Å². The molecule has 98 valence electrons. The molecule has 1 unspecified atom stereocenters. The van der Waals surface area contributed by atoms with E-state index in [1.807, 2.05) is 0 Å². The van der Waals surface area contributed by atoms with E-state index >= 15 is 0 Å². The lowest BCUT2D eigenvalue weighted by molar-refractivity contribution is -0.131. The lowest BCUT2D eigenvalue weighted by Gasteiger charge is -2.12. The Morgan fingerprint density at radius 1 is 1.22 bits per heavy atom. The van der Waals surface area contributed by atoms with Crippen LogP contribution in [0, 0.1) is 0 Å². The largest absolute Gasteiger partial charge is 0.457 e. The number of carbonyl (C=O) groups is 2. The van der Waals surface area contributed by atoms with Crippen molar-refractivity contribution in [3.05, 3.63) is 29.8 Å². The maximum absolute atomic E-state index is 11.7. The summed E-state index contributed by atoms with van der Waals surface area (Å²) in [6.07, 6.45) is -0.310. The van der Waals surface area contributed by atoms with E-state index in [1.165, 1.54) is 14.0 Å². The van der Waals surface area contributed by atoms with Gasteiger partial charge >= 0.3 is 11.9 Å². The van der Waals surface area contributed by atoms with Crippen molar-refractivity contribution in [3.8, 4) is 5.75 Å². The molecule has 0 aliphatic rings. The summed E-state index contributed by atoms with van der Waals surface area (Å²) in [5.41, 5.74) is 0.397. The molecule has 0 aliphatic carbocycles. The summed E-state index contributed by atoms with van der Waals surface area (Å²) in [4.78, 5) is 22.4. The van der Waals surface area contributed by atoms with Crippen LogP contribution in [0.1, 0.15) is 24.2 Å². The van der Waals surface area contributed by atoms with Crippen LogP contribution in [0.5, 0.6) is 5.75 Å². The Hall–Kier alpha value is -1.88. The first-order valence-electron chi connectivity index (χ1n) is 5.51. The molecule has 1 aromatic carbocycles. The van der Waals surface area contributed by atoms with E-state index in [0.29, 0.717) is 17.9 Å². The van der Waals surface area contributed by atoms with Crippen LogP contribution in [0.2, 0.25) is 0 Å². The monoisotopic (exact) mass is 252 g/mol. The topological polar surface area (TPSA) is 61.8 Å². The van der Waals surface area contributed by atoms with E-state index in [9.17, 15) is 9.59 Å². The van der Waals surface area contributed by atoms with Crippen molar-refractivity contribution in [1.29, 1.82) is 0 Å². The summed E-state index contributed by atoms with van der Waals surface area (Å²) < 4.78 is 14.9. The molecule has 0 heterocycles. The minimum absolute atomic E-state index is 0.310. The smallest absolute Gasteiger partial charge is 0.338 e. The van der Waals surface area contributed by atoms with Crippen LogP contribution in [0.15, 0.2) is 24.3 Å². The Balaban J connectivity index is 2.61. The highest BCUT2D eigenvalue weighted by Gasteiger charge is 2.12. The van der Waals surface area contributed by atoms with Crippen LogP contribution in [-0.4, -0.2) is 31.8 Å². The summed E-state index contributed by atoms with van der Waals surface area (Å²) in [6, 6.07) is 6.16. The number of hydrogen-bond donors (Lipinski definition) is 0. The van der Waals surface area contributed by atoms with E-state index in [2.05, 4.69) is 0 Å². The van der Waals surface area contributed by atoms with Gasteiger partial charge in [-0.1, -0.05) is 0 Å². The zero-order valence-electron chi connectivity index (χ0n) is 10.6. The average Bonchev–Trinajstić information content (AvgIpc) is 2.29. The number of rotatable bonds is 5. The quantitative estimate of drug-likeness (QED) is 0.590. The summed E-state index contributed by atoms with van der Waals surface area (Å²) >= 11 is 0. The molecule has 1 aromatic rings. The van der Waals surface area contributed by atoms with Gasteiger partial charge < -0.3 is 14.2 Å². The molecule has 0 spiro atoms. The molecule has 0 saturated carbocycles. The van der Waals surface area contributed by atoms with E-state index in [-0.39, 0.29) is 6.10 Å². The van der Waals surface area contributed by atoms with Crippen molar-refractivity contribution >= 4 is 11.9 Å². The number of methoxy groups -OCH3 is 1. The molecule has 0 radical (unpaired) electrons. The van der Waals surface area contributed by atoms with Gasteiger partial charge in [0.25, 0.3) is 0 Å². The first-order chi connectivity index (χ1) is 8.52. The van der Waals surface area contributed by atoms with E-state index in [0.717, 1.165) is 0 Å². The van der Waals surface area contributed by atoms with Gasteiger partial charge in [0.1, 0.15) is 11.9 Å². The van der Waals surface area contributed by atoms with Gasteiger partial charge in [-0.05, 0) is 31.2 Å². The molecule has 0 aromatic heterocycles. The minimum atomic E-state index is -0.436. The lowest BCUT2D eigenvalue weighted by Crippen LogP contribution is -2.19. The molecule has 0 fully saturated rings. The first-order valence-corrected chi connectivity index (χ1v) is 5.51. The van der Waals surface area contributed by atoms with E-state index in [1.54, 1.807) is 31.2 Å². The highest BCUT2D eigenvalue weighted by molar-refractivity contribution is 5.89. The molecule has 0 amide bonds. The standard InChI is InChI=1S/C13H16O5/c1-9(8-16-3)17-13(15)11-4-6-12(7-5-11)18-10(2)14/h4-7,9H,8H2,1-3H3. The van der Waals surface area contributed by atoms with Crippen molar-refractivity contribution < 1.29 is 23.8 Å². The molecule has 18 heavy (non-hydrogen) atoms. The van der Waals surface area contributed by atoms with Crippen LogP contribution in [0.25, 0.3) is 0 Å². The molecular formula is C13H16O5. The van der Waals surface area contributed by atoms with Crippen molar-refractivity contribution in [1.82, 2.24) is 0 Å². The predicted octanol–water partition coefficient (Wildman–Crippen LogP) is 1.80. The highest BCUT2D eigenvalue weighted by atomic mass is 16.6. The number of carbonyl (C=O) groups excluding carboxylic acids is 2. The Kier molecular flexibility index (Phi) is 5.32. The van der Waals surface area contributed by atoms with Gasteiger partial charge in [0.05, 0.1) is 12.2 Å². The molecule has 1 rings (SSSR count). The second-order valence-electron chi connectivity index (χ2n) is 3.79. The molecule has 5 heteroatoms. The number of esters is 2. The Bertz CT molecular complexity index is 410. The van der Waals surface area contributed by atoms with Crippen LogP contribution < -0.4 is 4.74 Å². The third-order valence-electron chi connectivity index (χ3n) is 2.06. The SMILES string of the molecule is COCC(C)OC(=O)c1ccc(OC(C)=O)cc1. The van der Waals surface area contributed by atoms with Gasteiger partial charge in [0, 0.05) is 14.0 Å². The Labute approximate surface area is 106 Å². The van der Waals surface area contributed by atoms with E-state index < -0.39 is 11.9 Å². The Morgan fingerprint density at radius 3 is 2.33 bits per heavy atom. The second kappa shape index (κ2) is 6.76. The molecule has 1 atom stereocenters. The summed E-state index contributed by atoms with van der Waals surface area (Å²) in [7, 11) is 1.54. The molecule has 0 N–H and O–H groups in total. The number of hydrogen-bond acceptors (Lipinski definition) is 5. The molecule has 5 nitrogen and oxygen atoms in total. The summed E-state index contributed by atoms with van der Waals surface area (Å²) in [5.74, 6) is -0.447. The third-order valence-corrected chi connectivity index (χ3v) is 2.06. The van der Waals surface area contributed by atoms with Crippen LogP contribution in [0.3, 0.4) is 0 Å². The normalized spacial score (nSPS) is 11.7. The van der Waals surface area contributed by atoms with Crippen LogP contribution in [0.4, 0.5) is 0 Å². The fourth-order valence-electron chi connectivity index (χ4n) is 1.34. The summed E-state index contributed by atoms with van der Waals surface area (Å²) in [5, 5.41) is 0. The summed E-state index contributed by atoms with van der Waals surface area (Å²) in [6.45, 7) is 3.40. The average molecular weight is 252 g/mol. The van der Waals surface area contributed by atoms with Gasteiger partial charge in [-0.25, -0.2) is 4.79 Å². The maximum atomic E-state index is 11.7. The Morgan fingerprint density at radius 2 is 1.83 bits per heavy atom. The second-order valence-corrected chi connectivity index (χ2v) is 3.79. The fourth-order valence-corrected chi connectivity index (χ4v) is 1.34. The van der Waals surface area contributed by atoms with Gasteiger partial charge in [-0.15, -0.1) is 0 Å². The predicted molar refractivity (Wildman–Crippen MR) is 64.5 cm³/mol. The fraction of sp³-hybridized carbons (Fsp3) is 0.385. The zero-order valence-corrected chi connectivity index (χ0v) is 10.6. The van der Waals surface area contributed by atoms with Crippen LogP contribution >= 0.6 is 0 Å². The molecular weight excluding hydrogens is 236 g/mol. The van der Waals surface area contributed by atoms with E-state index in [4.69, 9.17) is 14.2 Å². The third kappa shape index (κ3) is 4.55. The molecule has 0 aliphatic heterocycles.